The molecule has 2 aliphatic heterocycles. The smallest absolute Gasteiger partial charge is 0.323 e. The summed E-state index contributed by atoms with van der Waals surface area (Å²) in [4.78, 5) is 11.6. The number of nitrogens with one attached hydrogen (secondary N) is 1. The van der Waals surface area contributed by atoms with Crippen LogP contribution in [0.15, 0.2) is 0 Å². The van der Waals surface area contributed by atoms with Gasteiger partial charge in [-0.05, 0) is 31.6 Å². The molecule has 1 atom stereocenters. The first-order valence-corrected chi connectivity index (χ1v) is 7.89. The molecule has 2 aliphatic rings. The Labute approximate surface area is 102 Å². The predicted molar refractivity (Wildman–Crippen MR) is 63.4 cm³/mol. The van der Waals surface area contributed by atoms with Crippen LogP contribution in [0.4, 0.5) is 0 Å². The fourth-order valence-corrected chi connectivity index (χ4v) is 4.37. The Kier molecular flexibility index (Phi) is 3.45. The van der Waals surface area contributed by atoms with Crippen molar-refractivity contribution >= 4 is 15.8 Å². The van der Waals surface area contributed by atoms with Crippen LogP contribution in [0.25, 0.3) is 0 Å². The fraction of sp³-hybridized carbons (Fsp3) is 0.909. The number of hydrogen-bond donors (Lipinski definition) is 1. The first kappa shape index (κ1) is 12.8. The first-order chi connectivity index (χ1) is 7.96. The van der Waals surface area contributed by atoms with Crippen molar-refractivity contribution in [3.05, 3.63) is 0 Å². The van der Waals surface area contributed by atoms with E-state index in [2.05, 4.69) is 5.32 Å². The normalized spacial score (nSPS) is 30.3. The zero-order valence-corrected chi connectivity index (χ0v) is 10.9. The lowest BCUT2D eigenvalue weighted by atomic mass is 9.80. The summed E-state index contributed by atoms with van der Waals surface area (Å²) in [7, 11) is -2.84. The molecule has 2 heterocycles. The second kappa shape index (κ2) is 4.57. The van der Waals surface area contributed by atoms with Crippen molar-refractivity contribution in [1.82, 2.24) is 5.32 Å². The highest BCUT2D eigenvalue weighted by atomic mass is 32.2. The number of hydrogen-bond acceptors (Lipinski definition) is 5. The molecule has 2 fully saturated rings. The number of carbonyl (C=O) groups excluding carboxylic acids is 1. The third kappa shape index (κ3) is 2.80. The van der Waals surface area contributed by atoms with E-state index in [9.17, 15) is 13.2 Å². The van der Waals surface area contributed by atoms with Crippen LogP contribution in [0.2, 0.25) is 0 Å². The monoisotopic (exact) mass is 261 g/mol. The molecule has 0 amide bonds. The van der Waals surface area contributed by atoms with Gasteiger partial charge in [0, 0.05) is 6.54 Å². The summed E-state index contributed by atoms with van der Waals surface area (Å²) in [6.45, 7) is 2.90. The molecule has 17 heavy (non-hydrogen) atoms. The van der Waals surface area contributed by atoms with E-state index >= 15 is 0 Å². The van der Waals surface area contributed by atoms with Crippen LogP contribution >= 0.6 is 0 Å². The largest absolute Gasteiger partial charge is 0.465 e. The molecule has 98 valence electrons. The van der Waals surface area contributed by atoms with E-state index in [1.807, 2.05) is 0 Å². The summed E-state index contributed by atoms with van der Waals surface area (Å²) in [5.74, 6) is 0.298. The van der Waals surface area contributed by atoms with Crippen LogP contribution < -0.4 is 5.32 Å². The lowest BCUT2D eigenvalue weighted by Gasteiger charge is -2.32. The van der Waals surface area contributed by atoms with Gasteiger partial charge in [-0.1, -0.05) is 0 Å². The Balaban J connectivity index is 1.96. The Morgan fingerprint density at radius 1 is 1.41 bits per heavy atom. The number of esters is 1. The van der Waals surface area contributed by atoms with Gasteiger partial charge in [-0.25, -0.2) is 8.42 Å². The molecule has 0 aromatic heterocycles. The topological polar surface area (TPSA) is 72.5 Å². The zero-order chi connectivity index (χ0) is 12.5. The van der Waals surface area contributed by atoms with Gasteiger partial charge in [-0.2, -0.15) is 0 Å². The molecule has 2 saturated heterocycles. The summed E-state index contributed by atoms with van der Waals surface area (Å²) in [6, 6.07) is -0.254. The molecule has 6 heteroatoms. The second-order valence-electron chi connectivity index (χ2n) is 5.04. The zero-order valence-electron chi connectivity index (χ0n) is 10.1. The number of rotatable bonds is 2. The van der Waals surface area contributed by atoms with Crippen molar-refractivity contribution < 1.29 is 17.9 Å². The Hall–Kier alpha value is -0.620. The quantitative estimate of drug-likeness (QED) is 0.714. The highest BCUT2D eigenvalue weighted by Crippen LogP contribution is 2.40. The maximum Gasteiger partial charge on any atom is 0.323 e. The van der Waals surface area contributed by atoms with E-state index in [0.29, 0.717) is 25.9 Å². The maximum atomic E-state index is 11.6. The van der Waals surface area contributed by atoms with Gasteiger partial charge < -0.3 is 10.1 Å². The van der Waals surface area contributed by atoms with Crippen LogP contribution in [-0.4, -0.2) is 45.1 Å². The van der Waals surface area contributed by atoms with Crippen LogP contribution in [0.5, 0.6) is 0 Å². The van der Waals surface area contributed by atoms with Gasteiger partial charge in [-0.15, -0.1) is 0 Å². The lowest BCUT2D eigenvalue weighted by molar-refractivity contribution is -0.145. The molecule has 5 nitrogen and oxygen atoms in total. The van der Waals surface area contributed by atoms with Crippen molar-refractivity contribution in [3.63, 3.8) is 0 Å². The summed E-state index contributed by atoms with van der Waals surface area (Å²) >= 11 is 0. The van der Waals surface area contributed by atoms with Crippen LogP contribution in [-0.2, 0) is 19.4 Å². The van der Waals surface area contributed by atoms with Crippen molar-refractivity contribution in [2.45, 2.75) is 32.2 Å². The molecule has 2 rings (SSSR count). The Morgan fingerprint density at radius 3 is 2.65 bits per heavy atom. The fourth-order valence-electron chi connectivity index (χ4n) is 2.68. The van der Waals surface area contributed by atoms with Gasteiger partial charge >= 0.3 is 5.97 Å². The highest BCUT2D eigenvalue weighted by molar-refractivity contribution is 7.91. The Morgan fingerprint density at radius 2 is 2.06 bits per heavy atom. The van der Waals surface area contributed by atoms with E-state index in [1.54, 1.807) is 6.92 Å². The first-order valence-electron chi connectivity index (χ1n) is 6.07. The van der Waals surface area contributed by atoms with Crippen LogP contribution in [0.3, 0.4) is 0 Å². The highest BCUT2D eigenvalue weighted by Gasteiger charge is 2.45. The average molecular weight is 261 g/mol. The molecule has 0 radical (unpaired) electrons. The lowest BCUT2D eigenvalue weighted by Crippen LogP contribution is -2.35. The second-order valence-corrected chi connectivity index (χ2v) is 7.35. The van der Waals surface area contributed by atoms with Gasteiger partial charge in [0.1, 0.15) is 15.9 Å². The van der Waals surface area contributed by atoms with E-state index in [0.717, 1.165) is 6.54 Å². The average Bonchev–Trinajstić information content (AvgIpc) is 2.69. The number of ether oxygens (including phenoxy) is 1. The number of carbonyl (C=O) groups is 1. The molecular formula is C11H19NO4S. The standard InChI is InChI=1S/C11H19NO4S/c1-2-16-10(13)9-7-11(8-12-9)3-5-17(14,15)6-4-11/h9,12H,2-8H2,1H3/t9-/m1/s1. The van der Waals surface area contributed by atoms with Crippen molar-refractivity contribution in [3.8, 4) is 0 Å². The van der Waals surface area contributed by atoms with Crippen LogP contribution in [0.1, 0.15) is 26.2 Å². The van der Waals surface area contributed by atoms with Crippen molar-refractivity contribution in [2.24, 2.45) is 5.41 Å². The molecule has 0 aromatic carbocycles. The van der Waals surface area contributed by atoms with E-state index in [-0.39, 0.29) is 28.9 Å². The summed E-state index contributed by atoms with van der Waals surface area (Å²) in [5, 5.41) is 3.16. The maximum absolute atomic E-state index is 11.6. The molecule has 0 aromatic rings. The minimum absolute atomic E-state index is 0.0112. The summed E-state index contributed by atoms with van der Waals surface area (Å²) < 4.78 is 27.8. The Bertz CT molecular complexity index is 390. The van der Waals surface area contributed by atoms with E-state index in [4.69, 9.17) is 4.74 Å². The molecule has 1 N–H and O–H groups in total. The van der Waals surface area contributed by atoms with E-state index < -0.39 is 9.84 Å². The minimum atomic E-state index is -2.84. The molecule has 0 saturated carbocycles. The SMILES string of the molecule is CCOC(=O)[C@H]1CC2(CCS(=O)(=O)CC2)CN1. The van der Waals surface area contributed by atoms with Gasteiger partial charge in [0.05, 0.1) is 18.1 Å². The molecule has 0 unspecified atom stereocenters. The molecule has 1 spiro atoms. The van der Waals surface area contributed by atoms with Gasteiger partial charge in [-0.3, -0.25) is 4.79 Å². The van der Waals surface area contributed by atoms with Gasteiger partial charge in [0.25, 0.3) is 0 Å². The summed E-state index contributed by atoms with van der Waals surface area (Å²) in [6.07, 6.45) is 2.04. The van der Waals surface area contributed by atoms with Crippen molar-refractivity contribution in [1.29, 1.82) is 0 Å². The predicted octanol–water partition coefficient (Wildman–Crippen LogP) is 0.106. The third-order valence-corrected chi connectivity index (χ3v) is 5.47. The molecule has 0 bridgehead atoms. The van der Waals surface area contributed by atoms with Gasteiger partial charge in [0.2, 0.25) is 0 Å². The molecular weight excluding hydrogens is 242 g/mol. The summed E-state index contributed by atoms with van der Waals surface area (Å²) in [5.41, 5.74) is -0.0112. The van der Waals surface area contributed by atoms with Crippen molar-refractivity contribution in [2.75, 3.05) is 24.7 Å². The van der Waals surface area contributed by atoms with Gasteiger partial charge in [0.15, 0.2) is 0 Å². The minimum Gasteiger partial charge on any atom is -0.465 e. The van der Waals surface area contributed by atoms with Crippen LogP contribution in [0, 0.1) is 5.41 Å². The third-order valence-electron chi connectivity index (χ3n) is 3.82. The molecule has 0 aliphatic carbocycles. The number of sulfone groups is 1. The van der Waals surface area contributed by atoms with E-state index in [1.165, 1.54) is 0 Å².